The van der Waals surface area contributed by atoms with Crippen LogP contribution in [0.25, 0.3) is 5.57 Å². The summed E-state index contributed by atoms with van der Waals surface area (Å²) in [5.74, 6) is 1.25. The molecule has 166 valence electrons. The molecule has 0 spiro atoms. The lowest BCUT2D eigenvalue weighted by molar-refractivity contribution is -0.131. The highest BCUT2D eigenvalue weighted by Gasteiger charge is 2.32. The maximum Gasteiger partial charge on any atom is 0.259 e. The van der Waals surface area contributed by atoms with Gasteiger partial charge in [0.25, 0.3) is 5.91 Å². The SMILES string of the molecule is CN1CCCC(=O)N2CCN(CC2)c2ncnc3c2/C(=C/Nc2cccc(c2)C1)C(=O)N3. The summed E-state index contributed by atoms with van der Waals surface area (Å²) in [6, 6.07) is 8.14. The van der Waals surface area contributed by atoms with E-state index >= 15 is 0 Å². The van der Waals surface area contributed by atoms with E-state index in [0.29, 0.717) is 49.6 Å². The van der Waals surface area contributed by atoms with Gasteiger partial charge in [-0.25, -0.2) is 9.97 Å². The van der Waals surface area contributed by atoms with Gasteiger partial charge < -0.3 is 25.3 Å². The molecule has 5 heterocycles. The van der Waals surface area contributed by atoms with Gasteiger partial charge in [-0.2, -0.15) is 0 Å². The average Bonchev–Trinajstić information content (AvgIpc) is 3.12. The largest absolute Gasteiger partial charge is 0.361 e. The molecule has 1 aromatic heterocycles. The van der Waals surface area contributed by atoms with Crippen molar-refractivity contribution in [1.29, 1.82) is 0 Å². The number of nitrogens with one attached hydrogen (secondary N) is 2. The lowest BCUT2D eigenvalue weighted by Gasteiger charge is -2.36. The molecule has 0 radical (unpaired) electrons. The summed E-state index contributed by atoms with van der Waals surface area (Å²) in [5, 5.41) is 6.14. The zero-order valence-corrected chi connectivity index (χ0v) is 18.2. The molecule has 1 aromatic carbocycles. The molecule has 0 aliphatic carbocycles. The third-order valence-electron chi connectivity index (χ3n) is 6.20. The highest BCUT2D eigenvalue weighted by Crippen LogP contribution is 2.36. The van der Waals surface area contributed by atoms with Gasteiger partial charge in [0.15, 0.2) is 0 Å². The summed E-state index contributed by atoms with van der Waals surface area (Å²) in [6.07, 6.45) is 4.61. The summed E-state index contributed by atoms with van der Waals surface area (Å²) < 4.78 is 0. The van der Waals surface area contributed by atoms with Crippen LogP contribution in [0, 0.1) is 0 Å². The fraction of sp³-hybridized carbons (Fsp3) is 0.391. The number of rotatable bonds is 0. The van der Waals surface area contributed by atoms with E-state index in [1.165, 1.54) is 6.33 Å². The summed E-state index contributed by atoms with van der Waals surface area (Å²) in [4.78, 5) is 40.5. The minimum atomic E-state index is -0.201. The number of piperazine rings is 1. The first-order valence-electron chi connectivity index (χ1n) is 11.0. The highest BCUT2D eigenvalue weighted by molar-refractivity contribution is 6.32. The molecule has 4 bridgehead atoms. The molecular weight excluding hydrogens is 406 g/mol. The Morgan fingerprint density at radius 3 is 2.66 bits per heavy atom. The van der Waals surface area contributed by atoms with Crippen molar-refractivity contribution in [3.05, 3.63) is 47.9 Å². The van der Waals surface area contributed by atoms with E-state index in [9.17, 15) is 9.59 Å². The number of hydrogen-bond acceptors (Lipinski definition) is 7. The molecule has 0 atom stereocenters. The fourth-order valence-electron chi connectivity index (χ4n) is 4.52. The van der Waals surface area contributed by atoms with Gasteiger partial charge in [-0.05, 0) is 37.7 Å². The number of aromatic nitrogens is 2. The number of amides is 2. The lowest BCUT2D eigenvalue weighted by atomic mass is 10.1. The van der Waals surface area contributed by atoms with Crippen LogP contribution in [-0.2, 0) is 16.1 Å². The number of nitrogens with zero attached hydrogens (tertiary/aromatic N) is 5. The van der Waals surface area contributed by atoms with E-state index in [1.54, 1.807) is 6.20 Å². The molecule has 0 unspecified atom stereocenters. The molecular formula is C23H27N7O2. The first kappa shape index (κ1) is 20.4. The van der Waals surface area contributed by atoms with Crippen LogP contribution < -0.4 is 15.5 Å². The maximum atomic E-state index is 12.7. The number of hydrogen-bond donors (Lipinski definition) is 2. The van der Waals surface area contributed by atoms with Crippen molar-refractivity contribution in [2.75, 3.05) is 55.3 Å². The predicted octanol–water partition coefficient (Wildman–Crippen LogP) is 1.76. The average molecular weight is 434 g/mol. The molecule has 9 heteroatoms. The number of benzene rings is 1. The van der Waals surface area contributed by atoms with E-state index in [2.05, 4.69) is 49.6 Å². The Hall–Kier alpha value is -3.46. The van der Waals surface area contributed by atoms with Crippen molar-refractivity contribution in [2.45, 2.75) is 19.4 Å². The third kappa shape index (κ3) is 4.03. The Labute approximate surface area is 187 Å². The van der Waals surface area contributed by atoms with Gasteiger partial charge in [-0.1, -0.05) is 12.1 Å². The second-order valence-corrected chi connectivity index (χ2v) is 8.49. The standard InChI is InChI=1S/C23H27N7O2/c1-28-7-3-6-19(31)29-8-10-30(11-9-29)22-20-18(23(32)27-21(20)25-15-26-22)13-24-17-5-2-4-16(12-17)14-28/h2,4-5,12-13,15,24H,3,6-11,14H2,1H3,(H,25,26,27,32)/b18-13-. The first-order valence-corrected chi connectivity index (χ1v) is 11.0. The Morgan fingerprint density at radius 2 is 1.81 bits per heavy atom. The van der Waals surface area contributed by atoms with Gasteiger partial charge in [-0.15, -0.1) is 0 Å². The Kier molecular flexibility index (Phi) is 5.48. The molecule has 2 amide bonds. The van der Waals surface area contributed by atoms with E-state index in [4.69, 9.17) is 0 Å². The molecule has 4 aliphatic heterocycles. The van der Waals surface area contributed by atoms with Crippen molar-refractivity contribution in [3.8, 4) is 0 Å². The normalized spacial score (nSPS) is 21.2. The molecule has 2 aromatic rings. The quantitative estimate of drug-likeness (QED) is 0.654. The summed E-state index contributed by atoms with van der Waals surface area (Å²) >= 11 is 0. The number of carbonyl (C=O) groups is 2. The number of fused-ring (bicyclic) bond motifs is 8. The molecule has 9 nitrogen and oxygen atoms in total. The van der Waals surface area contributed by atoms with Gasteiger partial charge in [0, 0.05) is 51.0 Å². The van der Waals surface area contributed by atoms with Crippen molar-refractivity contribution >= 4 is 34.7 Å². The highest BCUT2D eigenvalue weighted by atomic mass is 16.2. The molecule has 1 saturated heterocycles. The van der Waals surface area contributed by atoms with Crippen LogP contribution in [0.15, 0.2) is 36.8 Å². The van der Waals surface area contributed by atoms with Gasteiger partial charge in [0.05, 0.1) is 11.1 Å². The van der Waals surface area contributed by atoms with E-state index in [-0.39, 0.29) is 11.8 Å². The predicted molar refractivity (Wildman–Crippen MR) is 123 cm³/mol. The van der Waals surface area contributed by atoms with E-state index in [1.807, 2.05) is 17.0 Å². The van der Waals surface area contributed by atoms with Crippen LogP contribution in [0.1, 0.15) is 24.0 Å². The molecule has 4 aliphatic rings. The molecule has 2 N–H and O–H groups in total. The van der Waals surface area contributed by atoms with Gasteiger partial charge in [-0.3, -0.25) is 9.59 Å². The van der Waals surface area contributed by atoms with Crippen LogP contribution in [0.5, 0.6) is 0 Å². The topological polar surface area (TPSA) is 93.7 Å². The second-order valence-electron chi connectivity index (χ2n) is 8.49. The van der Waals surface area contributed by atoms with Crippen molar-refractivity contribution in [1.82, 2.24) is 19.8 Å². The van der Waals surface area contributed by atoms with E-state index < -0.39 is 0 Å². The number of carbonyl (C=O) groups excluding carboxylic acids is 2. The molecule has 32 heavy (non-hydrogen) atoms. The third-order valence-corrected chi connectivity index (χ3v) is 6.20. The van der Waals surface area contributed by atoms with Crippen LogP contribution in [0.4, 0.5) is 17.3 Å². The van der Waals surface area contributed by atoms with Crippen LogP contribution >= 0.6 is 0 Å². The van der Waals surface area contributed by atoms with Crippen molar-refractivity contribution in [2.24, 2.45) is 0 Å². The minimum absolute atomic E-state index is 0.201. The van der Waals surface area contributed by atoms with E-state index in [0.717, 1.165) is 36.6 Å². The summed E-state index contributed by atoms with van der Waals surface area (Å²) in [6.45, 7) is 4.30. The van der Waals surface area contributed by atoms with Crippen LogP contribution in [0.2, 0.25) is 0 Å². The Balaban J connectivity index is 1.51. The van der Waals surface area contributed by atoms with Crippen molar-refractivity contribution in [3.63, 3.8) is 0 Å². The second kappa shape index (κ2) is 8.58. The number of anilines is 3. The zero-order chi connectivity index (χ0) is 22.1. The fourth-order valence-corrected chi connectivity index (χ4v) is 4.52. The first-order chi connectivity index (χ1) is 15.6. The monoisotopic (exact) mass is 433 g/mol. The van der Waals surface area contributed by atoms with Gasteiger partial charge in [0.1, 0.15) is 18.0 Å². The summed E-state index contributed by atoms with van der Waals surface area (Å²) in [7, 11) is 2.07. The smallest absolute Gasteiger partial charge is 0.259 e. The summed E-state index contributed by atoms with van der Waals surface area (Å²) in [5.41, 5.74) is 3.30. The van der Waals surface area contributed by atoms with Crippen LogP contribution in [-0.4, -0.2) is 71.4 Å². The molecule has 0 saturated carbocycles. The Morgan fingerprint density at radius 1 is 1.00 bits per heavy atom. The molecule has 6 rings (SSSR count). The minimum Gasteiger partial charge on any atom is -0.361 e. The van der Waals surface area contributed by atoms with Gasteiger partial charge >= 0.3 is 0 Å². The lowest BCUT2D eigenvalue weighted by Crippen LogP contribution is -2.49. The zero-order valence-electron chi connectivity index (χ0n) is 18.2. The van der Waals surface area contributed by atoms with Crippen molar-refractivity contribution < 1.29 is 9.59 Å². The van der Waals surface area contributed by atoms with Gasteiger partial charge in [0.2, 0.25) is 5.91 Å². The Bertz CT molecular complexity index is 1080. The van der Waals surface area contributed by atoms with Crippen LogP contribution in [0.3, 0.4) is 0 Å². The molecule has 1 fully saturated rings. The maximum absolute atomic E-state index is 12.7.